The smallest absolute Gasteiger partial charge is 0.258 e. The summed E-state index contributed by atoms with van der Waals surface area (Å²) in [6.45, 7) is 0.485. The lowest BCUT2D eigenvalue weighted by Crippen LogP contribution is -2.31. The minimum atomic E-state index is -0.377. The maximum Gasteiger partial charge on any atom is 0.258 e. The van der Waals surface area contributed by atoms with Crippen LogP contribution in [-0.2, 0) is 0 Å². The number of carbonyl (C=O) groups is 2. The van der Waals surface area contributed by atoms with Gasteiger partial charge in [-0.15, -0.1) is 0 Å². The molecule has 0 saturated heterocycles. The highest BCUT2D eigenvalue weighted by Gasteiger charge is 2.25. The molecular weight excluding hydrogens is 269 g/mol. The van der Waals surface area contributed by atoms with Crippen molar-refractivity contribution in [3.8, 4) is 0 Å². The van der Waals surface area contributed by atoms with E-state index >= 15 is 0 Å². The number of para-hydroxylation sites is 1. The molecular formula is C17H14FNO2. The van der Waals surface area contributed by atoms with Crippen molar-refractivity contribution in [1.82, 2.24) is 0 Å². The van der Waals surface area contributed by atoms with Gasteiger partial charge in [0.1, 0.15) is 5.82 Å². The fraction of sp³-hybridized carbons (Fsp3) is 0.176. The number of hydrogen-bond donors (Lipinski definition) is 0. The van der Waals surface area contributed by atoms with E-state index in [0.717, 1.165) is 0 Å². The summed E-state index contributed by atoms with van der Waals surface area (Å²) in [6.07, 6.45) is 1.06. The molecule has 3 rings (SSSR count). The van der Waals surface area contributed by atoms with E-state index in [9.17, 15) is 14.0 Å². The predicted molar refractivity (Wildman–Crippen MR) is 78.1 cm³/mol. The summed E-state index contributed by atoms with van der Waals surface area (Å²) in [6, 6.07) is 12.6. The third-order valence-electron chi connectivity index (χ3n) is 3.62. The molecule has 0 radical (unpaired) electrons. The molecule has 0 aromatic heterocycles. The molecule has 0 aliphatic carbocycles. The molecule has 2 aromatic rings. The van der Waals surface area contributed by atoms with Crippen molar-refractivity contribution in [2.24, 2.45) is 0 Å². The van der Waals surface area contributed by atoms with Crippen molar-refractivity contribution in [2.45, 2.75) is 12.8 Å². The normalized spacial score (nSPS) is 14.5. The van der Waals surface area contributed by atoms with Gasteiger partial charge in [0.15, 0.2) is 5.78 Å². The van der Waals surface area contributed by atoms with Gasteiger partial charge in [0.2, 0.25) is 0 Å². The maximum atomic E-state index is 13.0. The van der Waals surface area contributed by atoms with Crippen LogP contribution >= 0.6 is 0 Å². The van der Waals surface area contributed by atoms with Crippen LogP contribution in [0, 0.1) is 5.82 Å². The van der Waals surface area contributed by atoms with Crippen LogP contribution in [0.5, 0.6) is 0 Å². The number of fused-ring (bicyclic) bond motifs is 1. The van der Waals surface area contributed by atoms with E-state index < -0.39 is 0 Å². The Morgan fingerprint density at radius 2 is 1.76 bits per heavy atom. The van der Waals surface area contributed by atoms with Crippen molar-refractivity contribution < 1.29 is 14.0 Å². The van der Waals surface area contributed by atoms with Gasteiger partial charge in [-0.1, -0.05) is 12.1 Å². The van der Waals surface area contributed by atoms with Crippen molar-refractivity contribution in [1.29, 1.82) is 0 Å². The average Bonchev–Trinajstić information content (AvgIpc) is 2.67. The van der Waals surface area contributed by atoms with Gasteiger partial charge < -0.3 is 4.90 Å². The molecule has 0 saturated carbocycles. The second-order valence-electron chi connectivity index (χ2n) is 5.01. The molecule has 21 heavy (non-hydrogen) atoms. The third kappa shape index (κ3) is 2.57. The molecule has 1 heterocycles. The van der Waals surface area contributed by atoms with Crippen LogP contribution in [-0.4, -0.2) is 18.2 Å². The molecule has 106 valence electrons. The summed E-state index contributed by atoms with van der Waals surface area (Å²) < 4.78 is 13.0. The summed E-state index contributed by atoms with van der Waals surface area (Å²) in [5.41, 5.74) is 1.63. The van der Waals surface area contributed by atoms with E-state index in [2.05, 4.69) is 0 Å². The second-order valence-corrected chi connectivity index (χ2v) is 5.01. The quantitative estimate of drug-likeness (QED) is 0.804. The predicted octanol–water partition coefficient (Wildman–Crippen LogP) is 3.45. The fourth-order valence-corrected chi connectivity index (χ4v) is 2.56. The number of anilines is 1. The topological polar surface area (TPSA) is 37.4 Å². The monoisotopic (exact) mass is 283 g/mol. The Morgan fingerprint density at radius 3 is 2.52 bits per heavy atom. The molecule has 2 aromatic carbocycles. The first kappa shape index (κ1) is 13.5. The zero-order valence-corrected chi connectivity index (χ0v) is 11.4. The minimum Gasteiger partial charge on any atom is -0.308 e. The molecule has 0 unspecified atom stereocenters. The van der Waals surface area contributed by atoms with Gasteiger partial charge in [0.25, 0.3) is 5.91 Å². The largest absolute Gasteiger partial charge is 0.308 e. The molecule has 4 heteroatoms. The first-order valence-corrected chi connectivity index (χ1v) is 6.86. The molecule has 1 amide bonds. The molecule has 3 nitrogen and oxygen atoms in total. The van der Waals surface area contributed by atoms with Crippen molar-refractivity contribution in [3.05, 3.63) is 65.5 Å². The number of nitrogens with zero attached hydrogens (tertiary/aromatic N) is 1. The summed E-state index contributed by atoms with van der Waals surface area (Å²) in [4.78, 5) is 26.3. The zero-order chi connectivity index (χ0) is 14.8. The van der Waals surface area contributed by atoms with Gasteiger partial charge in [0.05, 0.1) is 5.69 Å². The van der Waals surface area contributed by atoms with Gasteiger partial charge in [-0.25, -0.2) is 4.39 Å². The second kappa shape index (κ2) is 5.48. The first-order chi connectivity index (χ1) is 10.2. The average molecular weight is 283 g/mol. The van der Waals surface area contributed by atoms with Crippen LogP contribution in [0.25, 0.3) is 0 Å². The van der Waals surface area contributed by atoms with Crippen LogP contribution in [0.2, 0.25) is 0 Å². The molecule has 0 spiro atoms. The van der Waals surface area contributed by atoms with E-state index in [1.165, 1.54) is 24.3 Å². The Balaban J connectivity index is 2.01. The number of amides is 1. The van der Waals surface area contributed by atoms with E-state index in [1.807, 2.05) is 6.07 Å². The highest BCUT2D eigenvalue weighted by Crippen LogP contribution is 2.27. The number of halogens is 1. The summed E-state index contributed by atoms with van der Waals surface area (Å²) in [7, 11) is 0. The van der Waals surface area contributed by atoms with Gasteiger partial charge in [0, 0.05) is 24.1 Å². The summed E-state index contributed by atoms with van der Waals surface area (Å²) in [5, 5.41) is 0. The molecule has 0 atom stereocenters. The zero-order valence-electron chi connectivity index (χ0n) is 11.4. The minimum absolute atomic E-state index is 0.0556. The number of rotatable bonds is 1. The van der Waals surface area contributed by atoms with E-state index in [4.69, 9.17) is 0 Å². The van der Waals surface area contributed by atoms with Crippen molar-refractivity contribution in [3.63, 3.8) is 0 Å². The van der Waals surface area contributed by atoms with E-state index in [-0.39, 0.29) is 17.5 Å². The summed E-state index contributed by atoms with van der Waals surface area (Å²) >= 11 is 0. The van der Waals surface area contributed by atoms with Crippen LogP contribution in [0.1, 0.15) is 33.6 Å². The molecule has 0 fully saturated rings. The van der Waals surface area contributed by atoms with Crippen LogP contribution < -0.4 is 4.90 Å². The number of carbonyl (C=O) groups excluding carboxylic acids is 2. The third-order valence-corrected chi connectivity index (χ3v) is 3.62. The van der Waals surface area contributed by atoms with Gasteiger partial charge in [-0.05, 0) is 42.8 Å². The van der Waals surface area contributed by atoms with Gasteiger partial charge >= 0.3 is 0 Å². The van der Waals surface area contributed by atoms with Crippen LogP contribution in [0.3, 0.4) is 0 Å². The van der Waals surface area contributed by atoms with E-state index in [0.29, 0.717) is 36.2 Å². The Kier molecular flexibility index (Phi) is 3.52. The summed E-state index contributed by atoms with van der Waals surface area (Å²) in [5.74, 6) is -0.532. The first-order valence-electron chi connectivity index (χ1n) is 6.86. The molecule has 0 bridgehead atoms. The Bertz CT molecular complexity index is 694. The number of benzene rings is 2. The SMILES string of the molecule is O=C1CCCN(C(=O)c2ccc(F)cc2)c2ccccc21. The molecule has 0 N–H and O–H groups in total. The number of Topliss-reactive ketones (excluding diaryl/α,β-unsaturated/α-hetero) is 1. The lowest BCUT2D eigenvalue weighted by Gasteiger charge is -2.22. The van der Waals surface area contributed by atoms with Crippen LogP contribution in [0.4, 0.5) is 10.1 Å². The number of ketones is 1. The van der Waals surface area contributed by atoms with Gasteiger partial charge in [-0.3, -0.25) is 9.59 Å². The highest BCUT2D eigenvalue weighted by atomic mass is 19.1. The van der Waals surface area contributed by atoms with Gasteiger partial charge in [-0.2, -0.15) is 0 Å². The van der Waals surface area contributed by atoms with E-state index in [1.54, 1.807) is 23.1 Å². The molecule has 1 aliphatic rings. The Hall–Kier alpha value is -2.49. The lowest BCUT2D eigenvalue weighted by molar-refractivity contribution is 0.0973. The van der Waals surface area contributed by atoms with Crippen molar-refractivity contribution in [2.75, 3.05) is 11.4 Å². The fourth-order valence-electron chi connectivity index (χ4n) is 2.56. The van der Waals surface area contributed by atoms with Crippen molar-refractivity contribution >= 4 is 17.4 Å². The Morgan fingerprint density at radius 1 is 1.05 bits per heavy atom. The maximum absolute atomic E-state index is 13.0. The Labute approximate surface area is 122 Å². The van der Waals surface area contributed by atoms with Crippen LogP contribution in [0.15, 0.2) is 48.5 Å². The molecule has 1 aliphatic heterocycles. The highest BCUT2D eigenvalue weighted by molar-refractivity contribution is 6.11. The lowest BCUT2D eigenvalue weighted by atomic mass is 10.1. The number of hydrogen-bond acceptors (Lipinski definition) is 2. The standard InChI is InChI=1S/C17H14FNO2/c18-13-9-7-12(8-10-13)17(21)19-11-3-6-16(20)14-4-1-2-5-15(14)19/h1-2,4-5,7-10H,3,6,11H2.